The van der Waals surface area contributed by atoms with Crippen LogP contribution >= 0.6 is 0 Å². The van der Waals surface area contributed by atoms with Crippen molar-refractivity contribution in [1.29, 1.82) is 0 Å². The van der Waals surface area contributed by atoms with Crippen LogP contribution in [0.25, 0.3) is 0 Å². The van der Waals surface area contributed by atoms with E-state index in [-0.39, 0.29) is 28.8 Å². The van der Waals surface area contributed by atoms with Crippen LogP contribution in [0.1, 0.15) is 47.4 Å². The van der Waals surface area contributed by atoms with Crippen LogP contribution in [0.4, 0.5) is 5.82 Å². The van der Waals surface area contributed by atoms with E-state index in [0.717, 1.165) is 38.8 Å². The van der Waals surface area contributed by atoms with Crippen molar-refractivity contribution in [1.82, 2.24) is 14.9 Å². The van der Waals surface area contributed by atoms with Gasteiger partial charge in [-0.1, -0.05) is 12.5 Å². The summed E-state index contributed by atoms with van der Waals surface area (Å²) in [7, 11) is 3.12. The highest BCUT2D eigenvalue weighted by Gasteiger charge is 2.47. The second-order valence-corrected chi connectivity index (χ2v) is 8.99. The first-order chi connectivity index (χ1) is 16.8. The molecule has 9 nitrogen and oxygen atoms in total. The lowest BCUT2D eigenvalue weighted by atomic mass is 9.61. The molecule has 0 atom stereocenters. The molecule has 1 aromatic carbocycles. The lowest BCUT2D eigenvalue weighted by Crippen LogP contribution is -2.55. The van der Waals surface area contributed by atoms with Crippen LogP contribution in [-0.4, -0.2) is 60.0 Å². The number of ether oxygens (including phenoxy) is 2. The molecule has 2 fully saturated rings. The maximum absolute atomic E-state index is 12.0. The predicted molar refractivity (Wildman–Crippen MR) is 131 cm³/mol. The molecule has 1 aliphatic carbocycles. The fraction of sp³-hybridized carbons (Fsp3) is 0.385. The van der Waals surface area contributed by atoms with Crippen molar-refractivity contribution in [3.8, 4) is 23.3 Å². The van der Waals surface area contributed by atoms with Crippen molar-refractivity contribution in [3.05, 3.63) is 54.0 Å². The summed E-state index contributed by atoms with van der Waals surface area (Å²) in [6, 6.07) is 5.46. The summed E-state index contributed by atoms with van der Waals surface area (Å²) >= 11 is 0. The minimum atomic E-state index is -0.701. The first kappa shape index (κ1) is 24.1. The summed E-state index contributed by atoms with van der Waals surface area (Å²) in [6.07, 6.45) is 6.83. The standard InChI is InChI=1S/C26H29N5O4/c1-4-23(32)31-9-5-8-26(16-31)13-18(14-26)29-22-15-28-24(25(27)33)21(30-22)7-6-17-10-19(34-2)12-20(11-17)35-3/h4,10-12,15,18H,1,5,8-9,13-14,16H2,2-3H3,(H2,27,33)(H,29,30). The van der Waals surface area contributed by atoms with Crippen LogP contribution in [0.5, 0.6) is 11.5 Å². The van der Waals surface area contributed by atoms with Gasteiger partial charge < -0.3 is 25.4 Å². The molecule has 9 heteroatoms. The molecule has 4 rings (SSSR count). The second kappa shape index (κ2) is 10.1. The van der Waals surface area contributed by atoms with E-state index in [4.69, 9.17) is 15.2 Å². The van der Waals surface area contributed by atoms with Gasteiger partial charge in [-0.05, 0) is 55.2 Å². The largest absolute Gasteiger partial charge is 0.497 e. The molecule has 0 unspecified atom stereocenters. The molecule has 182 valence electrons. The van der Waals surface area contributed by atoms with Gasteiger partial charge in [-0.15, -0.1) is 0 Å². The van der Waals surface area contributed by atoms with Crippen molar-refractivity contribution in [2.24, 2.45) is 11.1 Å². The molecule has 2 aliphatic rings. The van der Waals surface area contributed by atoms with Crippen LogP contribution in [0.3, 0.4) is 0 Å². The zero-order valence-corrected chi connectivity index (χ0v) is 20.0. The number of rotatable bonds is 6. The number of amides is 2. The van der Waals surface area contributed by atoms with E-state index in [0.29, 0.717) is 22.9 Å². The summed E-state index contributed by atoms with van der Waals surface area (Å²) in [4.78, 5) is 34.5. The first-order valence-corrected chi connectivity index (χ1v) is 11.4. The topological polar surface area (TPSA) is 120 Å². The second-order valence-electron chi connectivity index (χ2n) is 8.99. The molecule has 0 bridgehead atoms. The zero-order valence-electron chi connectivity index (χ0n) is 20.0. The molecule has 3 N–H and O–H groups in total. The average molecular weight is 476 g/mol. The normalized spacial score (nSPS) is 20.7. The minimum Gasteiger partial charge on any atom is -0.497 e. The quantitative estimate of drug-likeness (QED) is 0.486. The molecule has 35 heavy (non-hydrogen) atoms. The zero-order chi connectivity index (χ0) is 25.0. The van der Waals surface area contributed by atoms with Crippen molar-refractivity contribution in [2.75, 3.05) is 32.6 Å². The van der Waals surface area contributed by atoms with Crippen LogP contribution in [0.2, 0.25) is 0 Å². The SMILES string of the molecule is C=CC(=O)N1CCCC2(CC(Nc3cnc(C(N)=O)c(C#Cc4cc(OC)cc(OC)c4)n3)C2)C1. The van der Waals surface area contributed by atoms with Crippen molar-refractivity contribution in [3.63, 3.8) is 0 Å². The Balaban J connectivity index is 1.49. The van der Waals surface area contributed by atoms with Gasteiger partial charge in [-0.3, -0.25) is 9.59 Å². The van der Waals surface area contributed by atoms with Gasteiger partial charge in [-0.25, -0.2) is 9.97 Å². The Morgan fingerprint density at radius 2 is 1.94 bits per heavy atom. The summed E-state index contributed by atoms with van der Waals surface area (Å²) in [5, 5.41) is 3.39. The van der Waals surface area contributed by atoms with Crippen molar-refractivity contribution in [2.45, 2.75) is 31.7 Å². The van der Waals surface area contributed by atoms with E-state index in [1.807, 2.05) is 4.90 Å². The number of hydrogen-bond acceptors (Lipinski definition) is 7. The van der Waals surface area contributed by atoms with Crippen LogP contribution in [0.15, 0.2) is 37.1 Å². The highest BCUT2D eigenvalue weighted by atomic mass is 16.5. The molecule has 0 radical (unpaired) electrons. The van der Waals surface area contributed by atoms with E-state index >= 15 is 0 Å². The number of nitrogens with two attached hydrogens (primary N) is 1. The van der Waals surface area contributed by atoms with Gasteiger partial charge in [-0.2, -0.15) is 0 Å². The van der Waals surface area contributed by atoms with Crippen LogP contribution in [0, 0.1) is 17.3 Å². The molecule has 1 saturated carbocycles. The average Bonchev–Trinajstić information content (AvgIpc) is 2.85. The molecule has 2 amide bonds. The fourth-order valence-electron chi connectivity index (χ4n) is 4.89. The van der Waals surface area contributed by atoms with E-state index < -0.39 is 5.91 Å². The summed E-state index contributed by atoms with van der Waals surface area (Å²) in [5.74, 6) is 6.91. The van der Waals surface area contributed by atoms with Crippen LogP contribution < -0.4 is 20.5 Å². The van der Waals surface area contributed by atoms with Crippen molar-refractivity contribution >= 4 is 17.6 Å². The molecule has 2 aromatic rings. The number of methoxy groups -OCH3 is 2. The molecule has 2 heterocycles. The van der Waals surface area contributed by atoms with Gasteiger partial charge in [0, 0.05) is 30.8 Å². The number of hydrogen-bond donors (Lipinski definition) is 2. The number of anilines is 1. The fourth-order valence-corrected chi connectivity index (χ4v) is 4.89. The number of primary amides is 1. The molecule has 1 spiro atoms. The van der Waals surface area contributed by atoms with Gasteiger partial charge in [0.05, 0.1) is 20.4 Å². The Hall–Kier alpha value is -4.06. The monoisotopic (exact) mass is 475 g/mol. The summed E-state index contributed by atoms with van der Waals surface area (Å²) in [5.41, 5.74) is 6.46. The number of benzene rings is 1. The highest BCUT2D eigenvalue weighted by molar-refractivity contribution is 5.93. The number of carbonyl (C=O) groups excluding carboxylic acids is 2. The van der Waals surface area contributed by atoms with E-state index in [1.165, 1.54) is 12.3 Å². The Bertz CT molecular complexity index is 1190. The highest BCUT2D eigenvalue weighted by Crippen LogP contribution is 2.48. The lowest BCUT2D eigenvalue weighted by Gasteiger charge is -2.53. The molecular weight excluding hydrogens is 446 g/mol. The third-order valence-electron chi connectivity index (χ3n) is 6.54. The van der Waals surface area contributed by atoms with Gasteiger partial charge in [0.15, 0.2) is 5.69 Å². The Kier molecular flexibility index (Phi) is 6.92. The number of piperidine rings is 1. The van der Waals surface area contributed by atoms with E-state index in [1.54, 1.807) is 32.4 Å². The van der Waals surface area contributed by atoms with Gasteiger partial charge >= 0.3 is 0 Å². The summed E-state index contributed by atoms with van der Waals surface area (Å²) in [6.45, 7) is 5.14. The van der Waals surface area contributed by atoms with Crippen molar-refractivity contribution < 1.29 is 19.1 Å². The maximum Gasteiger partial charge on any atom is 0.270 e. The Morgan fingerprint density at radius 1 is 1.23 bits per heavy atom. The van der Waals surface area contributed by atoms with Crippen LogP contribution in [-0.2, 0) is 4.79 Å². The lowest BCUT2D eigenvalue weighted by molar-refractivity contribution is -0.131. The molecule has 1 saturated heterocycles. The number of nitrogens with one attached hydrogen (secondary N) is 1. The third-order valence-corrected chi connectivity index (χ3v) is 6.54. The van der Waals surface area contributed by atoms with E-state index in [9.17, 15) is 9.59 Å². The first-order valence-electron chi connectivity index (χ1n) is 11.4. The van der Waals surface area contributed by atoms with Gasteiger partial charge in [0.1, 0.15) is 23.0 Å². The molecule has 1 aliphatic heterocycles. The number of nitrogens with zero attached hydrogens (tertiary/aromatic N) is 3. The van der Waals surface area contributed by atoms with Gasteiger partial charge in [0.25, 0.3) is 5.91 Å². The maximum atomic E-state index is 12.0. The summed E-state index contributed by atoms with van der Waals surface area (Å²) < 4.78 is 10.6. The Morgan fingerprint density at radius 3 is 2.57 bits per heavy atom. The smallest absolute Gasteiger partial charge is 0.270 e. The van der Waals surface area contributed by atoms with E-state index in [2.05, 4.69) is 33.7 Å². The van der Waals surface area contributed by atoms with Gasteiger partial charge in [0.2, 0.25) is 5.91 Å². The minimum absolute atomic E-state index is 0.00820. The molecule has 1 aromatic heterocycles. The Labute approximate surface area is 204 Å². The predicted octanol–water partition coefficient (Wildman–Crippen LogP) is 2.36. The number of likely N-dealkylation sites (tertiary alicyclic amines) is 1. The third kappa shape index (κ3) is 5.38. The number of aromatic nitrogens is 2. The molecular formula is C26H29N5O4. The number of carbonyl (C=O) groups is 2.